The molecular formula is C11H16N4O2. The lowest BCUT2D eigenvalue weighted by Gasteiger charge is -2.31. The first-order chi connectivity index (χ1) is 8.16. The molecule has 1 saturated heterocycles. The van der Waals surface area contributed by atoms with Crippen LogP contribution in [0.2, 0.25) is 0 Å². The predicted octanol–water partition coefficient (Wildman–Crippen LogP) is 0.607. The van der Waals surface area contributed by atoms with Crippen LogP contribution in [0.4, 0.5) is 5.69 Å². The third kappa shape index (κ3) is 2.83. The summed E-state index contributed by atoms with van der Waals surface area (Å²) in [7, 11) is 0. The molecule has 1 atom stereocenters. The van der Waals surface area contributed by atoms with Crippen LogP contribution in [0, 0.1) is 5.92 Å². The molecule has 92 valence electrons. The molecule has 0 aromatic carbocycles. The summed E-state index contributed by atoms with van der Waals surface area (Å²) in [4.78, 5) is 24.9. The Labute approximate surface area is 99.4 Å². The maximum absolute atomic E-state index is 11.9. The topological polar surface area (TPSA) is 78.1 Å². The molecule has 0 spiro atoms. The number of hydrogen-bond acceptors (Lipinski definition) is 3. The summed E-state index contributed by atoms with van der Waals surface area (Å²) in [6.07, 6.45) is 4.89. The van der Waals surface area contributed by atoms with Crippen LogP contribution in [0.25, 0.3) is 0 Å². The minimum Gasteiger partial charge on any atom is -0.342 e. The van der Waals surface area contributed by atoms with Gasteiger partial charge in [0.2, 0.25) is 11.8 Å². The van der Waals surface area contributed by atoms with Gasteiger partial charge >= 0.3 is 0 Å². The van der Waals surface area contributed by atoms with Crippen molar-refractivity contribution in [2.24, 2.45) is 5.92 Å². The first-order valence-corrected chi connectivity index (χ1v) is 5.72. The van der Waals surface area contributed by atoms with Crippen molar-refractivity contribution >= 4 is 17.5 Å². The summed E-state index contributed by atoms with van der Waals surface area (Å²) in [5.41, 5.74) is 0.662. The molecule has 0 saturated carbocycles. The van der Waals surface area contributed by atoms with Crippen LogP contribution in [0.5, 0.6) is 0 Å². The average molecular weight is 236 g/mol. The number of amides is 2. The number of carbonyl (C=O) groups is 2. The van der Waals surface area contributed by atoms with Gasteiger partial charge < -0.3 is 10.2 Å². The average Bonchev–Trinajstić information content (AvgIpc) is 2.82. The van der Waals surface area contributed by atoms with Crippen LogP contribution >= 0.6 is 0 Å². The van der Waals surface area contributed by atoms with E-state index in [0.717, 1.165) is 19.4 Å². The van der Waals surface area contributed by atoms with Crippen molar-refractivity contribution in [1.29, 1.82) is 0 Å². The van der Waals surface area contributed by atoms with Crippen molar-refractivity contribution in [3.05, 3.63) is 12.4 Å². The number of nitrogens with zero attached hydrogens (tertiary/aromatic N) is 2. The van der Waals surface area contributed by atoms with E-state index in [4.69, 9.17) is 0 Å². The number of hydrogen-bond donors (Lipinski definition) is 2. The zero-order chi connectivity index (χ0) is 12.3. The van der Waals surface area contributed by atoms with Gasteiger partial charge in [0.25, 0.3) is 0 Å². The standard InChI is InChI=1S/C11H16N4O2/c1-8(16)15-4-2-3-9(7-15)11(17)14-10-5-12-13-6-10/h5-6,9H,2-4,7H2,1H3,(H,12,13)(H,14,17). The fraction of sp³-hybridized carbons (Fsp3) is 0.545. The summed E-state index contributed by atoms with van der Waals surface area (Å²) < 4.78 is 0. The summed E-state index contributed by atoms with van der Waals surface area (Å²) in [5.74, 6) is -0.134. The Morgan fingerprint density at radius 1 is 1.59 bits per heavy atom. The predicted molar refractivity (Wildman–Crippen MR) is 62.2 cm³/mol. The second kappa shape index (κ2) is 4.99. The fourth-order valence-corrected chi connectivity index (χ4v) is 2.04. The molecule has 1 aromatic rings. The molecule has 1 aliphatic rings. The van der Waals surface area contributed by atoms with Crippen LogP contribution in [-0.4, -0.2) is 40.0 Å². The normalized spacial score (nSPS) is 20.1. The highest BCUT2D eigenvalue weighted by Gasteiger charge is 2.26. The molecular weight excluding hydrogens is 220 g/mol. The van der Waals surface area contributed by atoms with Crippen LogP contribution in [-0.2, 0) is 9.59 Å². The highest BCUT2D eigenvalue weighted by atomic mass is 16.2. The number of nitrogens with one attached hydrogen (secondary N) is 2. The first-order valence-electron chi connectivity index (χ1n) is 5.72. The summed E-state index contributed by atoms with van der Waals surface area (Å²) in [5, 5.41) is 9.18. The highest BCUT2D eigenvalue weighted by molar-refractivity contribution is 5.92. The molecule has 6 nitrogen and oxygen atoms in total. The zero-order valence-electron chi connectivity index (χ0n) is 9.77. The van der Waals surface area contributed by atoms with E-state index in [9.17, 15) is 9.59 Å². The lowest BCUT2D eigenvalue weighted by Crippen LogP contribution is -2.42. The molecule has 6 heteroatoms. The summed E-state index contributed by atoms with van der Waals surface area (Å²) in [6, 6.07) is 0. The zero-order valence-corrected chi connectivity index (χ0v) is 9.77. The van der Waals surface area contributed by atoms with Crippen LogP contribution < -0.4 is 5.32 Å². The van der Waals surface area contributed by atoms with E-state index >= 15 is 0 Å². The van der Waals surface area contributed by atoms with Gasteiger partial charge in [0.1, 0.15) is 0 Å². The van der Waals surface area contributed by atoms with Gasteiger partial charge in [0, 0.05) is 26.2 Å². The Bertz CT molecular complexity index is 402. The number of likely N-dealkylation sites (tertiary alicyclic amines) is 1. The molecule has 1 aliphatic heterocycles. The monoisotopic (exact) mass is 236 g/mol. The van der Waals surface area contributed by atoms with E-state index in [2.05, 4.69) is 15.5 Å². The Morgan fingerprint density at radius 2 is 2.41 bits per heavy atom. The Kier molecular flexibility index (Phi) is 3.41. The van der Waals surface area contributed by atoms with E-state index in [1.54, 1.807) is 17.3 Å². The number of aromatic nitrogens is 2. The van der Waals surface area contributed by atoms with Crippen molar-refractivity contribution in [1.82, 2.24) is 15.1 Å². The molecule has 1 fully saturated rings. The SMILES string of the molecule is CC(=O)N1CCCC(C(=O)Nc2cn[nH]c2)C1. The van der Waals surface area contributed by atoms with Gasteiger partial charge in [0.15, 0.2) is 0 Å². The number of aromatic amines is 1. The minimum absolute atomic E-state index is 0.0332. The first kappa shape index (κ1) is 11.6. The quantitative estimate of drug-likeness (QED) is 0.789. The fourth-order valence-electron chi connectivity index (χ4n) is 2.04. The van der Waals surface area contributed by atoms with Gasteiger partial charge in [-0.2, -0.15) is 5.10 Å². The third-order valence-electron chi connectivity index (χ3n) is 3.00. The van der Waals surface area contributed by atoms with Gasteiger partial charge in [-0.25, -0.2) is 0 Å². The number of carbonyl (C=O) groups excluding carboxylic acids is 2. The number of piperidine rings is 1. The van der Waals surface area contributed by atoms with Crippen molar-refractivity contribution in [3.8, 4) is 0 Å². The Hall–Kier alpha value is -1.85. The van der Waals surface area contributed by atoms with Crippen molar-refractivity contribution in [2.45, 2.75) is 19.8 Å². The number of rotatable bonds is 2. The second-order valence-electron chi connectivity index (χ2n) is 4.28. The van der Waals surface area contributed by atoms with Gasteiger partial charge in [0.05, 0.1) is 17.8 Å². The van der Waals surface area contributed by atoms with Crippen molar-refractivity contribution in [2.75, 3.05) is 18.4 Å². The summed E-state index contributed by atoms with van der Waals surface area (Å²) in [6.45, 7) is 2.81. The highest BCUT2D eigenvalue weighted by Crippen LogP contribution is 2.18. The van der Waals surface area contributed by atoms with E-state index in [-0.39, 0.29) is 17.7 Å². The lowest BCUT2D eigenvalue weighted by molar-refractivity contribution is -0.132. The van der Waals surface area contributed by atoms with Crippen LogP contribution in [0.1, 0.15) is 19.8 Å². The Balaban J connectivity index is 1.93. The largest absolute Gasteiger partial charge is 0.342 e. The Morgan fingerprint density at radius 3 is 3.06 bits per heavy atom. The van der Waals surface area contributed by atoms with Gasteiger partial charge in [-0.1, -0.05) is 0 Å². The number of H-pyrrole nitrogens is 1. The molecule has 1 aromatic heterocycles. The lowest BCUT2D eigenvalue weighted by atomic mass is 9.97. The smallest absolute Gasteiger partial charge is 0.229 e. The number of anilines is 1. The van der Waals surface area contributed by atoms with E-state index in [1.807, 2.05) is 0 Å². The molecule has 0 radical (unpaired) electrons. The van der Waals surface area contributed by atoms with Gasteiger partial charge in [-0.05, 0) is 12.8 Å². The minimum atomic E-state index is -0.123. The summed E-state index contributed by atoms with van der Waals surface area (Å²) >= 11 is 0. The third-order valence-corrected chi connectivity index (χ3v) is 3.00. The van der Waals surface area contributed by atoms with Crippen LogP contribution in [0.3, 0.4) is 0 Å². The van der Waals surface area contributed by atoms with Crippen LogP contribution in [0.15, 0.2) is 12.4 Å². The van der Waals surface area contributed by atoms with Gasteiger partial charge in [-0.3, -0.25) is 14.7 Å². The van der Waals surface area contributed by atoms with Crippen molar-refractivity contribution in [3.63, 3.8) is 0 Å². The second-order valence-corrected chi connectivity index (χ2v) is 4.28. The molecule has 0 aliphatic carbocycles. The van der Waals surface area contributed by atoms with E-state index in [1.165, 1.54) is 6.92 Å². The molecule has 1 unspecified atom stereocenters. The molecule has 0 bridgehead atoms. The van der Waals surface area contributed by atoms with Crippen molar-refractivity contribution < 1.29 is 9.59 Å². The molecule has 17 heavy (non-hydrogen) atoms. The maximum Gasteiger partial charge on any atom is 0.229 e. The van der Waals surface area contributed by atoms with E-state index < -0.39 is 0 Å². The molecule has 2 N–H and O–H groups in total. The molecule has 2 rings (SSSR count). The van der Waals surface area contributed by atoms with E-state index in [0.29, 0.717) is 12.2 Å². The van der Waals surface area contributed by atoms with Gasteiger partial charge in [-0.15, -0.1) is 0 Å². The molecule has 2 amide bonds. The maximum atomic E-state index is 11.9. The molecule has 2 heterocycles.